The predicted molar refractivity (Wildman–Crippen MR) is 99.7 cm³/mol. The molecule has 0 aliphatic heterocycles. The quantitative estimate of drug-likeness (QED) is 0.483. The first-order valence-electron chi connectivity index (χ1n) is 8.12. The number of carboxylic acid groups (broad SMARTS) is 1. The largest absolute Gasteiger partial charge is 0.478 e. The van der Waals surface area contributed by atoms with Crippen molar-refractivity contribution < 1.29 is 23.8 Å². The van der Waals surface area contributed by atoms with E-state index >= 15 is 0 Å². The number of hydrogen-bond acceptors (Lipinski definition) is 3. The third kappa shape index (κ3) is 4.27. The molecule has 0 aromatic heterocycles. The van der Waals surface area contributed by atoms with Crippen molar-refractivity contribution in [2.24, 2.45) is 0 Å². The molecular weight excluding hydrogens is 347 g/mol. The molecule has 3 rings (SSSR count). The van der Waals surface area contributed by atoms with Gasteiger partial charge < -0.3 is 9.84 Å². The van der Waals surface area contributed by atoms with Gasteiger partial charge in [0.25, 0.3) is 0 Å². The number of ketones is 1. The van der Waals surface area contributed by atoms with E-state index < -0.39 is 23.1 Å². The van der Waals surface area contributed by atoms with Gasteiger partial charge in [-0.3, -0.25) is 4.79 Å². The number of para-hydroxylation sites is 1. The number of benzene rings is 3. The van der Waals surface area contributed by atoms with Crippen LogP contribution in [0.4, 0.5) is 4.39 Å². The van der Waals surface area contributed by atoms with Gasteiger partial charge in [-0.2, -0.15) is 0 Å². The topological polar surface area (TPSA) is 63.6 Å². The van der Waals surface area contributed by atoms with Gasteiger partial charge in [-0.25, -0.2) is 9.18 Å². The monoisotopic (exact) mass is 362 g/mol. The maximum atomic E-state index is 14.4. The molecule has 3 aromatic carbocycles. The van der Waals surface area contributed by atoms with Crippen LogP contribution in [0.2, 0.25) is 0 Å². The highest BCUT2D eigenvalue weighted by atomic mass is 19.1. The molecule has 3 aromatic rings. The number of rotatable bonds is 6. The summed E-state index contributed by atoms with van der Waals surface area (Å²) in [4.78, 5) is 24.2. The highest BCUT2D eigenvalue weighted by Gasteiger charge is 2.24. The fourth-order valence-electron chi connectivity index (χ4n) is 2.49. The predicted octanol–water partition coefficient (Wildman–Crippen LogP) is 5.21. The Balaban J connectivity index is 2.05. The van der Waals surface area contributed by atoms with Gasteiger partial charge in [0.15, 0.2) is 11.5 Å². The zero-order chi connectivity index (χ0) is 19.2. The number of carbonyl (C=O) groups is 2. The van der Waals surface area contributed by atoms with Crippen molar-refractivity contribution in [3.05, 3.63) is 101 Å². The Hall–Kier alpha value is -3.73. The van der Waals surface area contributed by atoms with Crippen molar-refractivity contribution >= 4 is 17.8 Å². The van der Waals surface area contributed by atoms with Crippen molar-refractivity contribution in [1.82, 2.24) is 0 Å². The molecule has 0 amide bonds. The third-order valence-corrected chi connectivity index (χ3v) is 3.77. The normalized spacial score (nSPS) is 10.7. The fourth-order valence-corrected chi connectivity index (χ4v) is 2.49. The lowest BCUT2D eigenvalue weighted by Crippen LogP contribution is -2.08. The third-order valence-electron chi connectivity index (χ3n) is 3.77. The number of allylic oxidation sites excluding steroid dienone is 1. The number of aromatic carboxylic acids is 1. The fraction of sp³-hybridized carbons (Fsp3) is 0. The van der Waals surface area contributed by atoms with Crippen LogP contribution in [-0.4, -0.2) is 16.9 Å². The van der Waals surface area contributed by atoms with E-state index in [1.807, 2.05) is 6.07 Å². The lowest BCUT2D eigenvalue weighted by Gasteiger charge is -2.13. The molecular formula is C22H15FO4. The zero-order valence-electron chi connectivity index (χ0n) is 14.1. The molecule has 0 radical (unpaired) electrons. The average molecular weight is 362 g/mol. The standard InChI is InChI=1S/C22H15FO4/c23-18-13-12-17(22(25)26)21(27-16-9-5-2-6-10-16)20(18)19(24)14-11-15-7-3-1-4-8-15/h1-14H,(H,25,26). The second-order valence-corrected chi connectivity index (χ2v) is 5.63. The van der Waals surface area contributed by atoms with E-state index in [1.54, 1.807) is 54.6 Å². The summed E-state index contributed by atoms with van der Waals surface area (Å²) in [5.74, 6) is -2.89. The van der Waals surface area contributed by atoms with E-state index in [4.69, 9.17) is 4.74 Å². The Morgan fingerprint density at radius 2 is 1.52 bits per heavy atom. The van der Waals surface area contributed by atoms with Gasteiger partial charge in [0, 0.05) is 0 Å². The van der Waals surface area contributed by atoms with Gasteiger partial charge in [-0.1, -0.05) is 54.6 Å². The van der Waals surface area contributed by atoms with Gasteiger partial charge in [0.1, 0.15) is 22.7 Å². The van der Waals surface area contributed by atoms with Crippen LogP contribution in [0.1, 0.15) is 26.3 Å². The molecule has 0 aliphatic rings. The summed E-state index contributed by atoms with van der Waals surface area (Å²) in [6.45, 7) is 0. The molecule has 0 spiro atoms. The molecule has 0 aliphatic carbocycles. The van der Waals surface area contributed by atoms with Gasteiger partial charge in [-0.05, 0) is 35.9 Å². The minimum atomic E-state index is -1.32. The highest BCUT2D eigenvalue weighted by molar-refractivity contribution is 6.10. The summed E-state index contributed by atoms with van der Waals surface area (Å²) in [5.41, 5.74) is 0.0359. The summed E-state index contributed by atoms with van der Waals surface area (Å²) >= 11 is 0. The molecule has 0 unspecified atom stereocenters. The maximum Gasteiger partial charge on any atom is 0.339 e. The van der Waals surface area contributed by atoms with Crippen molar-refractivity contribution in [2.75, 3.05) is 0 Å². The molecule has 0 atom stereocenters. The van der Waals surface area contributed by atoms with E-state index in [2.05, 4.69) is 0 Å². The Bertz CT molecular complexity index is 996. The second-order valence-electron chi connectivity index (χ2n) is 5.63. The van der Waals surface area contributed by atoms with E-state index in [9.17, 15) is 19.1 Å². The molecule has 0 fully saturated rings. The summed E-state index contributed by atoms with van der Waals surface area (Å²) in [6, 6.07) is 19.3. The van der Waals surface area contributed by atoms with Crippen LogP contribution in [-0.2, 0) is 0 Å². The number of carboxylic acids is 1. The number of ether oxygens (including phenoxy) is 1. The van der Waals surface area contributed by atoms with Crippen LogP contribution in [0, 0.1) is 5.82 Å². The lowest BCUT2D eigenvalue weighted by molar-refractivity contribution is 0.0694. The Morgan fingerprint density at radius 1 is 0.889 bits per heavy atom. The van der Waals surface area contributed by atoms with Crippen molar-refractivity contribution in [3.63, 3.8) is 0 Å². The minimum absolute atomic E-state index is 0.295. The highest BCUT2D eigenvalue weighted by Crippen LogP contribution is 2.32. The van der Waals surface area contributed by atoms with E-state index in [1.165, 1.54) is 12.2 Å². The molecule has 0 saturated heterocycles. The molecule has 0 heterocycles. The van der Waals surface area contributed by atoms with Crippen LogP contribution in [0.5, 0.6) is 11.5 Å². The first-order chi connectivity index (χ1) is 13.1. The minimum Gasteiger partial charge on any atom is -0.478 e. The van der Waals surface area contributed by atoms with Gasteiger partial charge in [0.2, 0.25) is 0 Å². The first kappa shape index (κ1) is 18.1. The molecule has 27 heavy (non-hydrogen) atoms. The smallest absolute Gasteiger partial charge is 0.339 e. The molecule has 0 bridgehead atoms. The van der Waals surface area contributed by atoms with Crippen LogP contribution in [0.3, 0.4) is 0 Å². The molecule has 5 heteroatoms. The Labute approximate surface area is 155 Å². The number of hydrogen-bond donors (Lipinski definition) is 1. The SMILES string of the molecule is O=C(O)c1ccc(F)c(C(=O)C=Cc2ccccc2)c1Oc1ccccc1. The van der Waals surface area contributed by atoms with Crippen molar-refractivity contribution in [2.45, 2.75) is 0 Å². The van der Waals surface area contributed by atoms with E-state index in [-0.39, 0.29) is 11.3 Å². The van der Waals surface area contributed by atoms with E-state index in [0.29, 0.717) is 5.75 Å². The van der Waals surface area contributed by atoms with Crippen molar-refractivity contribution in [1.29, 1.82) is 0 Å². The van der Waals surface area contributed by atoms with Crippen LogP contribution in [0.25, 0.3) is 6.08 Å². The first-order valence-corrected chi connectivity index (χ1v) is 8.12. The van der Waals surface area contributed by atoms with Crippen LogP contribution in [0.15, 0.2) is 78.9 Å². The summed E-state index contributed by atoms with van der Waals surface area (Å²) < 4.78 is 20.0. The summed E-state index contributed by atoms with van der Waals surface area (Å²) in [7, 11) is 0. The Kier molecular flexibility index (Phi) is 5.42. The lowest BCUT2D eigenvalue weighted by atomic mass is 10.0. The molecule has 134 valence electrons. The molecule has 4 nitrogen and oxygen atoms in total. The zero-order valence-corrected chi connectivity index (χ0v) is 14.1. The van der Waals surface area contributed by atoms with Crippen LogP contribution < -0.4 is 4.74 Å². The van der Waals surface area contributed by atoms with Gasteiger partial charge in [0.05, 0.1) is 0 Å². The summed E-state index contributed by atoms with van der Waals surface area (Å²) in [5, 5.41) is 9.42. The van der Waals surface area contributed by atoms with E-state index in [0.717, 1.165) is 17.7 Å². The van der Waals surface area contributed by atoms with Gasteiger partial charge in [-0.15, -0.1) is 0 Å². The van der Waals surface area contributed by atoms with Crippen LogP contribution >= 0.6 is 0 Å². The maximum absolute atomic E-state index is 14.4. The van der Waals surface area contributed by atoms with Crippen molar-refractivity contribution in [3.8, 4) is 11.5 Å². The van der Waals surface area contributed by atoms with Gasteiger partial charge >= 0.3 is 5.97 Å². The number of halogens is 1. The Morgan fingerprint density at radius 3 is 2.15 bits per heavy atom. The second kappa shape index (κ2) is 8.10. The molecule has 0 saturated carbocycles. The average Bonchev–Trinajstić information content (AvgIpc) is 2.68. The number of carbonyl (C=O) groups excluding carboxylic acids is 1. The molecule has 1 N–H and O–H groups in total. The summed E-state index contributed by atoms with van der Waals surface area (Å²) in [6.07, 6.45) is 2.72.